The molecule has 1 aliphatic carbocycles. The van der Waals surface area contributed by atoms with Gasteiger partial charge in [0.15, 0.2) is 0 Å². The van der Waals surface area contributed by atoms with Gasteiger partial charge in [0.1, 0.15) is 6.54 Å². The molecule has 0 unspecified atom stereocenters. The molecule has 17 heavy (non-hydrogen) atoms. The van der Waals surface area contributed by atoms with Crippen molar-refractivity contribution in [2.45, 2.75) is 31.6 Å². The number of imidazole rings is 1. The van der Waals surface area contributed by atoms with Crippen molar-refractivity contribution in [1.82, 2.24) is 14.6 Å². The Labute approximate surface area is 103 Å². The molecule has 2 aromatic rings. The molecule has 0 spiro atoms. The van der Waals surface area contributed by atoms with Crippen LogP contribution in [0.25, 0.3) is 4.96 Å². The summed E-state index contributed by atoms with van der Waals surface area (Å²) < 4.78 is 1.82. The van der Waals surface area contributed by atoms with Crippen LogP contribution < -0.4 is 5.32 Å². The zero-order valence-corrected chi connectivity index (χ0v) is 10.2. The molecule has 0 saturated heterocycles. The predicted molar refractivity (Wildman–Crippen MR) is 66.2 cm³/mol. The van der Waals surface area contributed by atoms with E-state index in [1.54, 1.807) is 0 Å². The van der Waals surface area contributed by atoms with Crippen molar-refractivity contribution in [3.63, 3.8) is 0 Å². The topological polar surface area (TPSA) is 66.0 Å². The van der Waals surface area contributed by atoms with Crippen LogP contribution in [-0.4, -0.2) is 21.1 Å². The molecule has 0 atom stereocenters. The number of nitrogens with zero attached hydrogens (tertiary/aromatic N) is 4. The van der Waals surface area contributed by atoms with Crippen molar-refractivity contribution < 1.29 is 0 Å². The van der Waals surface area contributed by atoms with Crippen molar-refractivity contribution in [2.75, 3.05) is 11.9 Å². The number of hydrogen-bond acceptors (Lipinski definition) is 5. The molecule has 6 heteroatoms. The van der Waals surface area contributed by atoms with Crippen molar-refractivity contribution in [3.05, 3.63) is 11.9 Å². The lowest BCUT2D eigenvalue weighted by atomic mass is 10.1. The van der Waals surface area contributed by atoms with Gasteiger partial charge in [0.2, 0.25) is 10.1 Å². The molecule has 1 N–H and O–H groups in total. The zero-order valence-electron chi connectivity index (χ0n) is 9.39. The molecule has 88 valence electrons. The molecular weight excluding hydrogens is 234 g/mol. The summed E-state index contributed by atoms with van der Waals surface area (Å²) in [4.78, 5) is 5.53. The van der Waals surface area contributed by atoms with Crippen LogP contribution in [0.5, 0.6) is 0 Å². The van der Waals surface area contributed by atoms with E-state index in [4.69, 9.17) is 5.26 Å². The molecule has 1 saturated carbocycles. The lowest BCUT2D eigenvalue weighted by Gasteiger charge is -2.02. The average Bonchev–Trinajstić information content (AvgIpc) is 3.00. The fourth-order valence-electron chi connectivity index (χ4n) is 2.32. The van der Waals surface area contributed by atoms with E-state index in [-0.39, 0.29) is 6.54 Å². The molecule has 3 rings (SSSR count). The van der Waals surface area contributed by atoms with E-state index in [1.807, 2.05) is 16.8 Å². The number of hydrogen-bond donors (Lipinski definition) is 1. The van der Waals surface area contributed by atoms with Crippen LogP contribution in [0, 0.1) is 11.3 Å². The maximum atomic E-state index is 8.48. The normalized spacial score (nSPS) is 16.4. The molecule has 2 aromatic heterocycles. The molecule has 1 aliphatic rings. The minimum Gasteiger partial charge on any atom is -0.347 e. The maximum Gasteiger partial charge on any atom is 0.214 e. The van der Waals surface area contributed by atoms with Gasteiger partial charge in [0.05, 0.1) is 18.0 Å². The van der Waals surface area contributed by atoms with Crippen LogP contribution >= 0.6 is 11.3 Å². The first kappa shape index (κ1) is 10.5. The molecular formula is C11H13N5S. The highest BCUT2D eigenvalue weighted by atomic mass is 32.1. The summed E-state index contributed by atoms with van der Waals surface area (Å²) in [6, 6.07) is 2.03. The van der Waals surface area contributed by atoms with E-state index in [0.29, 0.717) is 5.92 Å². The molecule has 5 nitrogen and oxygen atoms in total. The lowest BCUT2D eigenvalue weighted by Crippen LogP contribution is -1.98. The van der Waals surface area contributed by atoms with Gasteiger partial charge in [-0.1, -0.05) is 24.2 Å². The minimum absolute atomic E-state index is 0.284. The molecule has 0 bridgehead atoms. The van der Waals surface area contributed by atoms with Gasteiger partial charge in [-0.15, -0.1) is 5.10 Å². The maximum absolute atomic E-state index is 8.48. The van der Waals surface area contributed by atoms with E-state index < -0.39 is 0 Å². The first-order valence-corrected chi connectivity index (χ1v) is 6.65. The number of aromatic nitrogens is 3. The standard InChI is InChI=1S/C11H13N5S/c12-5-6-13-10-15-16-7-9(14-11(16)17-10)8-3-1-2-4-8/h7-8H,1-4,6H2,(H,13,15). The molecule has 1 fully saturated rings. The van der Waals surface area contributed by atoms with Crippen LogP contribution in [-0.2, 0) is 0 Å². The fraction of sp³-hybridized carbons (Fsp3) is 0.545. The molecule has 0 aliphatic heterocycles. The van der Waals surface area contributed by atoms with Gasteiger partial charge in [0, 0.05) is 5.92 Å². The third kappa shape index (κ3) is 1.98. The summed E-state index contributed by atoms with van der Waals surface area (Å²) in [5.74, 6) is 0.624. The monoisotopic (exact) mass is 247 g/mol. The van der Waals surface area contributed by atoms with Gasteiger partial charge in [-0.05, 0) is 12.8 Å². The first-order valence-electron chi connectivity index (χ1n) is 5.84. The van der Waals surface area contributed by atoms with Crippen LogP contribution in [0.2, 0.25) is 0 Å². The van der Waals surface area contributed by atoms with E-state index in [2.05, 4.69) is 15.4 Å². The summed E-state index contributed by atoms with van der Waals surface area (Å²) in [5, 5.41) is 16.5. The summed E-state index contributed by atoms with van der Waals surface area (Å²) in [7, 11) is 0. The van der Waals surface area contributed by atoms with Gasteiger partial charge < -0.3 is 5.32 Å². The predicted octanol–water partition coefficient (Wildman–Crippen LogP) is 2.38. The van der Waals surface area contributed by atoms with Crippen molar-refractivity contribution in [3.8, 4) is 6.07 Å². The highest BCUT2D eigenvalue weighted by Gasteiger charge is 2.20. The second-order valence-electron chi connectivity index (χ2n) is 4.29. The van der Waals surface area contributed by atoms with E-state index >= 15 is 0 Å². The summed E-state index contributed by atoms with van der Waals surface area (Å²) in [6.07, 6.45) is 7.17. The highest BCUT2D eigenvalue weighted by molar-refractivity contribution is 7.20. The Morgan fingerprint density at radius 2 is 2.35 bits per heavy atom. The van der Waals surface area contributed by atoms with Crippen LogP contribution in [0.4, 0.5) is 5.13 Å². The van der Waals surface area contributed by atoms with Crippen molar-refractivity contribution in [1.29, 1.82) is 5.26 Å². The van der Waals surface area contributed by atoms with E-state index in [1.165, 1.54) is 42.7 Å². The van der Waals surface area contributed by atoms with Gasteiger partial charge in [-0.3, -0.25) is 0 Å². The summed E-state index contributed by atoms with van der Waals surface area (Å²) >= 11 is 1.50. The average molecular weight is 247 g/mol. The smallest absolute Gasteiger partial charge is 0.214 e. The Morgan fingerprint density at radius 1 is 1.53 bits per heavy atom. The third-order valence-electron chi connectivity index (χ3n) is 3.15. The van der Waals surface area contributed by atoms with Crippen molar-refractivity contribution in [2.24, 2.45) is 0 Å². The highest BCUT2D eigenvalue weighted by Crippen LogP contribution is 2.34. The molecule has 0 amide bonds. The van der Waals surface area contributed by atoms with Crippen molar-refractivity contribution >= 4 is 21.4 Å². The van der Waals surface area contributed by atoms with E-state index in [0.717, 1.165) is 10.1 Å². The lowest BCUT2D eigenvalue weighted by molar-refractivity contribution is 0.702. The van der Waals surface area contributed by atoms with E-state index in [9.17, 15) is 0 Å². The Kier molecular flexibility index (Phi) is 2.69. The van der Waals surface area contributed by atoms with Gasteiger partial charge in [0.25, 0.3) is 0 Å². The number of anilines is 1. The number of rotatable bonds is 3. The largest absolute Gasteiger partial charge is 0.347 e. The summed E-state index contributed by atoms with van der Waals surface area (Å²) in [5.41, 5.74) is 1.17. The second kappa shape index (κ2) is 4.34. The second-order valence-corrected chi connectivity index (χ2v) is 5.25. The Morgan fingerprint density at radius 3 is 3.06 bits per heavy atom. The third-order valence-corrected chi connectivity index (χ3v) is 4.03. The van der Waals surface area contributed by atoms with Crippen LogP contribution in [0.3, 0.4) is 0 Å². The number of nitriles is 1. The molecule has 0 aromatic carbocycles. The summed E-state index contributed by atoms with van der Waals surface area (Å²) in [6.45, 7) is 0.284. The Hall–Kier alpha value is -1.61. The minimum atomic E-state index is 0.284. The number of fused-ring (bicyclic) bond motifs is 1. The van der Waals surface area contributed by atoms with Crippen LogP contribution in [0.15, 0.2) is 6.20 Å². The van der Waals surface area contributed by atoms with Gasteiger partial charge in [-0.2, -0.15) is 5.26 Å². The molecule has 2 heterocycles. The van der Waals surface area contributed by atoms with Gasteiger partial charge in [-0.25, -0.2) is 9.50 Å². The SMILES string of the molecule is N#CCNc1nn2cc(C3CCCC3)nc2s1. The zero-order chi connectivity index (χ0) is 11.7. The molecule has 0 radical (unpaired) electrons. The Bertz CT molecular complexity index is 526. The fourth-order valence-corrected chi connectivity index (χ4v) is 3.11. The van der Waals surface area contributed by atoms with Gasteiger partial charge >= 0.3 is 0 Å². The quantitative estimate of drug-likeness (QED) is 0.846. The number of nitrogens with one attached hydrogen (secondary N) is 1. The van der Waals surface area contributed by atoms with Crippen LogP contribution in [0.1, 0.15) is 37.3 Å². The Balaban J connectivity index is 1.83. The first-order chi connectivity index (χ1) is 8.36.